The van der Waals surface area contributed by atoms with Gasteiger partial charge in [0.25, 0.3) is 0 Å². The first-order valence-corrected chi connectivity index (χ1v) is 10.1. The van der Waals surface area contributed by atoms with Crippen LogP contribution in [0.3, 0.4) is 0 Å². The van der Waals surface area contributed by atoms with E-state index in [1.165, 1.54) is 50.3 Å². The Morgan fingerprint density at radius 2 is 1.88 bits per heavy atom. The molecule has 0 unspecified atom stereocenters. The Morgan fingerprint density at radius 1 is 1.12 bits per heavy atom. The monoisotopic (exact) mass is 346 g/mol. The molecule has 2 aromatic heterocycles. The van der Waals surface area contributed by atoms with E-state index in [0.717, 1.165) is 28.7 Å². The zero-order valence-electron chi connectivity index (χ0n) is 14.5. The molecule has 0 radical (unpaired) electrons. The van der Waals surface area contributed by atoms with Crippen LogP contribution in [0.15, 0.2) is 6.20 Å². The van der Waals surface area contributed by atoms with Gasteiger partial charge in [-0.15, -0.1) is 0 Å². The molecular weight excluding hydrogens is 320 g/mol. The van der Waals surface area contributed by atoms with Crippen molar-refractivity contribution in [2.45, 2.75) is 44.7 Å². The van der Waals surface area contributed by atoms with Crippen molar-refractivity contribution in [2.24, 2.45) is 7.05 Å². The van der Waals surface area contributed by atoms with Gasteiger partial charge in [0.2, 0.25) is 0 Å². The highest BCUT2D eigenvalue weighted by atomic mass is 32.2. The summed E-state index contributed by atoms with van der Waals surface area (Å²) < 4.78 is 1.82. The minimum atomic E-state index is 0.497. The first-order chi connectivity index (χ1) is 11.7. The molecule has 0 atom stereocenters. The topological polar surface area (TPSA) is 58.9 Å². The van der Waals surface area contributed by atoms with Crippen LogP contribution in [0.1, 0.15) is 31.5 Å². The minimum absolute atomic E-state index is 0.497. The van der Waals surface area contributed by atoms with Gasteiger partial charge in [-0.1, -0.05) is 0 Å². The molecule has 0 bridgehead atoms. The van der Waals surface area contributed by atoms with E-state index < -0.39 is 0 Å². The number of rotatable bonds is 3. The van der Waals surface area contributed by atoms with Crippen LogP contribution in [0.5, 0.6) is 0 Å². The molecule has 4 rings (SSSR count). The molecule has 2 fully saturated rings. The second-order valence-corrected chi connectivity index (χ2v) is 8.15. The Kier molecular flexibility index (Phi) is 4.63. The van der Waals surface area contributed by atoms with Gasteiger partial charge < -0.3 is 10.2 Å². The zero-order valence-corrected chi connectivity index (χ0v) is 15.3. The number of piperidine rings is 1. The predicted octanol–water partition coefficient (Wildman–Crippen LogP) is 2.44. The van der Waals surface area contributed by atoms with Gasteiger partial charge in [-0.2, -0.15) is 16.9 Å². The largest absolute Gasteiger partial charge is 0.367 e. The van der Waals surface area contributed by atoms with Crippen LogP contribution in [0, 0.1) is 6.92 Å². The lowest BCUT2D eigenvalue weighted by Crippen LogP contribution is -2.45. The van der Waals surface area contributed by atoms with Gasteiger partial charge in [0.05, 0.1) is 11.6 Å². The number of thioether (sulfide) groups is 1. The number of aromatic nitrogens is 4. The maximum absolute atomic E-state index is 4.63. The fourth-order valence-electron chi connectivity index (χ4n) is 3.89. The lowest BCUT2D eigenvalue weighted by molar-refractivity contribution is 0.148. The predicted molar refractivity (Wildman–Crippen MR) is 99.6 cm³/mol. The van der Waals surface area contributed by atoms with E-state index in [2.05, 4.69) is 37.0 Å². The van der Waals surface area contributed by atoms with Crippen LogP contribution >= 0.6 is 11.8 Å². The standard InChI is InChI=1S/C17H26N6S/c1-12-19-16(15-11-18-22(2)17(15)20-12)21-13-3-7-23(8-4-13)14-5-9-24-10-6-14/h11,13-14H,3-10H2,1-2H3,(H,19,20,21). The van der Waals surface area contributed by atoms with E-state index >= 15 is 0 Å². The number of aryl methyl sites for hydroxylation is 2. The van der Waals surface area contributed by atoms with Crippen molar-refractivity contribution in [3.05, 3.63) is 12.0 Å². The van der Waals surface area contributed by atoms with Crippen LogP contribution in [-0.2, 0) is 7.05 Å². The summed E-state index contributed by atoms with van der Waals surface area (Å²) in [6, 6.07) is 1.32. The Balaban J connectivity index is 1.42. The number of anilines is 1. The average Bonchev–Trinajstić information content (AvgIpc) is 2.98. The Morgan fingerprint density at radius 3 is 2.62 bits per heavy atom. The zero-order chi connectivity index (χ0) is 16.5. The lowest BCUT2D eigenvalue weighted by Gasteiger charge is -2.39. The molecule has 0 aliphatic carbocycles. The SMILES string of the molecule is Cc1nc(NC2CCN(C3CCSCC3)CC2)c2cnn(C)c2n1. The van der Waals surface area contributed by atoms with Crippen LogP contribution in [-0.4, -0.2) is 61.3 Å². The molecule has 24 heavy (non-hydrogen) atoms. The second kappa shape index (κ2) is 6.88. The molecule has 2 aromatic rings. The summed E-state index contributed by atoms with van der Waals surface area (Å²) in [4.78, 5) is 11.8. The molecule has 0 amide bonds. The maximum atomic E-state index is 4.63. The third-order valence-electron chi connectivity index (χ3n) is 5.28. The quantitative estimate of drug-likeness (QED) is 0.921. The van der Waals surface area contributed by atoms with Crippen LogP contribution in [0.2, 0.25) is 0 Å². The minimum Gasteiger partial charge on any atom is -0.367 e. The summed E-state index contributed by atoms with van der Waals surface area (Å²) in [6.07, 6.45) is 6.98. The Bertz CT molecular complexity index is 700. The smallest absolute Gasteiger partial charge is 0.163 e. The Hall–Kier alpha value is -1.34. The first-order valence-electron chi connectivity index (χ1n) is 8.95. The number of fused-ring (bicyclic) bond motifs is 1. The Labute approximate surface area is 147 Å². The van der Waals surface area contributed by atoms with E-state index in [9.17, 15) is 0 Å². The van der Waals surface area contributed by atoms with Gasteiger partial charge in [0, 0.05) is 32.2 Å². The van der Waals surface area contributed by atoms with Crippen molar-refractivity contribution in [3.8, 4) is 0 Å². The van der Waals surface area contributed by atoms with E-state index in [1.807, 2.05) is 24.9 Å². The van der Waals surface area contributed by atoms with Gasteiger partial charge in [-0.25, -0.2) is 9.97 Å². The molecule has 2 aliphatic heterocycles. The van der Waals surface area contributed by atoms with Crippen LogP contribution in [0.25, 0.3) is 11.0 Å². The van der Waals surface area contributed by atoms with E-state index in [-0.39, 0.29) is 0 Å². The number of nitrogens with zero attached hydrogens (tertiary/aromatic N) is 5. The van der Waals surface area contributed by atoms with Crippen molar-refractivity contribution in [2.75, 3.05) is 29.9 Å². The summed E-state index contributed by atoms with van der Waals surface area (Å²) in [5.41, 5.74) is 0.905. The third-order valence-corrected chi connectivity index (χ3v) is 6.33. The first kappa shape index (κ1) is 16.1. The summed E-state index contributed by atoms with van der Waals surface area (Å²) >= 11 is 2.11. The van der Waals surface area contributed by atoms with Crippen molar-refractivity contribution in [1.82, 2.24) is 24.6 Å². The number of hydrogen-bond donors (Lipinski definition) is 1. The number of hydrogen-bond acceptors (Lipinski definition) is 6. The maximum Gasteiger partial charge on any atom is 0.163 e. The van der Waals surface area contributed by atoms with Crippen molar-refractivity contribution in [3.63, 3.8) is 0 Å². The molecular formula is C17H26N6S. The van der Waals surface area contributed by atoms with E-state index in [0.29, 0.717) is 6.04 Å². The molecule has 0 spiro atoms. The van der Waals surface area contributed by atoms with Crippen LogP contribution in [0.4, 0.5) is 5.82 Å². The fourth-order valence-corrected chi connectivity index (χ4v) is 4.98. The fraction of sp³-hybridized carbons (Fsp3) is 0.706. The van der Waals surface area contributed by atoms with Gasteiger partial charge in [0.15, 0.2) is 5.65 Å². The highest BCUT2D eigenvalue weighted by Crippen LogP contribution is 2.26. The molecule has 4 heterocycles. The van der Waals surface area contributed by atoms with Crippen molar-refractivity contribution < 1.29 is 0 Å². The molecule has 2 aliphatic rings. The second-order valence-electron chi connectivity index (χ2n) is 6.92. The van der Waals surface area contributed by atoms with Gasteiger partial charge in [0.1, 0.15) is 11.6 Å². The van der Waals surface area contributed by atoms with E-state index in [4.69, 9.17) is 0 Å². The van der Waals surface area contributed by atoms with Crippen LogP contribution < -0.4 is 5.32 Å². The molecule has 130 valence electrons. The molecule has 2 saturated heterocycles. The highest BCUT2D eigenvalue weighted by Gasteiger charge is 2.26. The van der Waals surface area contributed by atoms with Gasteiger partial charge in [-0.3, -0.25) is 4.68 Å². The molecule has 0 aromatic carbocycles. The third kappa shape index (κ3) is 3.24. The number of likely N-dealkylation sites (tertiary alicyclic amines) is 1. The lowest BCUT2D eigenvalue weighted by atomic mass is 10.0. The van der Waals surface area contributed by atoms with E-state index in [1.54, 1.807) is 0 Å². The molecule has 1 N–H and O–H groups in total. The summed E-state index contributed by atoms with van der Waals surface area (Å²) in [5.74, 6) is 4.41. The van der Waals surface area contributed by atoms with Gasteiger partial charge in [-0.05, 0) is 44.1 Å². The van der Waals surface area contributed by atoms with Crippen molar-refractivity contribution in [1.29, 1.82) is 0 Å². The molecule has 7 heteroatoms. The number of nitrogens with one attached hydrogen (secondary N) is 1. The highest BCUT2D eigenvalue weighted by molar-refractivity contribution is 7.99. The summed E-state index contributed by atoms with van der Waals surface area (Å²) in [5, 5.41) is 9.02. The summed E-state index contributed by atoms with van der Waals surface area (Å²) in [7, 11) is 1.93. The van der Waals surface area contributed by atoms with Crippen molar-refractivity contribution >= 4 is 28.6 Å². The summed E-state index contributed by atoms with van der Waals surface area (Å²) in [6.45, 7) is 4.35. The average molecular weight is 347 g/mol. The van der Waals surface area contributed by atoms with Gasteiger partial charge >= 0.3 is 0 Å². The molecule has 0 saturated carbocycles. The molecule has 6 nitrogen and oxygen atoms in total. The normalized spacial score (nSPS) is 21.4.